The van der Waals surface area contributed by atoms with Crippen LogP contribution in [0.25, 0.3) is 0 Å². The van der Waals surface area contributed by atoms with Gasteiger partial charge in [0.15, 0.2) is 0 Å². The molecule has 1 aliphatic heterocycles. The molecule has 0 aromatic carbocycles. The van der Waals surface area contributed by atoms with Crippen LogP contribution in [-0.4, -0.2) is 54.1 Å². The zero-order valence-corrected chi connectivity index (χ0v) is 10.5. The van der Waals surface area contributed by atoms with E-state index in [2.05, 4.69) is 19.8 Å². The Morgan fingerprint density at radius 3 is 2.94 bits per heavy atom. The van der Waals surface area contributed by atoms with Crippen molar-refractivity contribution in [1.29, 1.82) is 0 Å². The van der Waals surface area contributed by atoms with E-state index in [1.54, 1.807) is 0 Å². The van der Waals surface area contributed by atoms with Gasteiger partial charge in [-0.25, -0.2) is 9.97 Å². The third-order valence-corrected chi connectivity index (χ3v) is 3.12. The molecule has 0 atom stereocenters. The fourth-order valence-corrected chi connectivity index (χ4v) is 2.23. The first-order valence-electron chi connectivity index (χ1n) is 6.26. The lowest BCUT2D eigenvalue weighted by Crippen LogP contribution is -2.34. The van der Waals surface area contributed by atoms with E-state index in [9.17, 15) is 0 Å². The summed E-state index contributed by atoms with van der Waals surface area (Å²) in [6, 6.07) is 1.99. The number of aromatic nitrogens is 2. The summed E-state index contributed by atoms with van der Waals surface area (Å²) in [6.07, 6.45) is 3.00. The molecule has 0 radical (unpaired) electrons. The molecule has 5 nitrogen and oxygen atoms in total. The van der Waals surface area contributed by atoms with Crippen LogP contribution >= 0.6 is 0 Å². The van der Waals surface area contributed by atoms with Crippen molar-refractivity contribution in [3.8, 4) is 0 Å². The highest BCUT2D eigenvalue weighted by Crippen LogP contribution is 2.12. The number of aryl methyl sites for hydroxylation is 1. The summed E-state index contributed by atoms with van der Waals surface area (Å²) in [4.78, 5) is 13.4. The van der Waals surface area contributed by atoms with E-state index >= 15 is 0 Å². The molecule has 17 heavy (non-hydrogen) atoms. The van der Waals surface area contributed by atoms with Gasteiger partial charge in [-0.05, 0) is 26.0 Å². The van der Waals surface area contributed by atoms with Gasteiger partial charge in [0.2, 0.25) is 0 Å². The second-order valence-electron chi connectivity index (χ2n) is 4.43. The molecule has 1 saturated heterocycles. The molecule has 94 valence electrons. The molecule has 1 aromatic heterocycles. The van der Waals surface area contributed by atoms with Gasteiger partial charge in [0, 0.05) is 38.9 Å². The van der Waals surface area contributed by atoms with Crippen molar-refractivity contribution in [1.82, 2.24) is 14.9 Å². The lowest BCUT2D eigenvalue weighted by atomic mass is 10.3. The first-order chi connectivity index (χ1) is 8.29. The maximum Gasteiger partial charge on any atom is 0.132 e. The predicted molar refractivity (Wildman–Crippen MR) is 69.1 cm³/mol. The Kier molecular flexibility index (Phi) is 4.28. The minimum absolute atomic E-state index is 0.743. The van der Waals surface area contributed by atoms with Crippen molar-refractivity contribution < 1.29 is 0 Å². The van der Waals surface area contributed by atoms with E-state index < -0.39 is 0 Å². The summed E-state index contributed by atoms with van der Waals surface area (Å²) < 4.78 is 0. The molecular formula is C12H21N5. The van der Waals surface area contributed by atoms with Gasteiger partial charge in [0.25, 0.3) is 0 Å². The molecule has 1 aromatic rings. The van der Waals surface area contributed by atoms with E-state index in [-0.39, 0.29) is 0 Å². The second kappa shape index (κ2) is 5.93. The SMILES string of the molecule is Cc1nccc(N2CCCN(CCN)CC2)n1. The van der Waals surface area contributed by atoms with Crippen molar-refractivity contribution in [2.24, 2.45) is 5.73 Å². The maximum atomic E-state index is 5.60. The molecule has 0 amide bonds. The van der Waals surface area contributed by atoms with Crippen LogP contribution in [0.15, 0.2) is 12.3 Å². The highest BCUT2D eigenvalue weighted by atomic mass is 15.2. The largest absolute Gasteiger partial charge is 0.355 e. The summed E-state index contributed by atoms with van der Waals surface area (Å²) in [5.74, 6) is 1.89. The average Bonchev–Trinajstić information content (AvgIpc) is 2.55. The van der Waals surface area contributed by atoms with Gasteiger partial charge in [-0.2, -0.15) is 0 Å². The van der Waals surface area contributed by atoms with E-state index in [0.29, 0.717) is 0 Å². The predicted octanol–water partition coefficient (Wildman–Crippen LogP) is 0.256. The van der Waals surface area contributed by atoms with E-state index in [1.807, 2.05) is 19.2 Å². The molecule has 0 aliphatic carbocycles. The molecule has 0 saturated carbocycles. The molecule has 5 heteroatoms. The first-order valence-corrected chi connectivity index (χ1v) is 6.26. The third-order valence-electron chi connectivity index (χ3n) is 3.12. The Morgan fingerprint density at radius 1 is 1.29 bits per heavy atom. The summed E-state index contributed by atoms with van der Waals surface area (Å²) in [5.41, 5.74) is 5.60. The van der Waals surface area contributed by atoms with Gasteiger partial charge in [-0.1, -0.05) is 0 Å². The first kappa shape index (κ1) is 12.3. The Balaban J connectivity index is 1.99. The fraction of sp³-hybridized carbons (Fsp3) is 0.667. The topological polar surface area (TPSA) is 58.3 Å². The standard InChI is InChI=1S/C12H21N5/c1-11-14-5-3-12(15-11)17-7-2-6-16(8-4-13)9-10-17/h3,5H,2,4,6-10,13H2,1H3. The van der Waals surface area contributed by atoms with Crippen LogP contribution < -0.4 is 10.6 Å². The number of hydrogen-bond acceptors (Lipinski definition) is 5. The lowest BCUT2D eigenvalue weighted by Gasteiger charge is -2.22. The molecule has 2 heterocycles. The van der Waals surface area contributed by atoms with Crippen molar-refractivity contribution in [2.75, 3.05) is 44.2 Å². The molecule has 1 aliphatic rings. The zero-order valence-electron chi connectivity index (χ0n) is 10.5. The van der Waals surface area contributed by atoms with E-state index in [0.717, 1.165) is 50.9 Å². The number of nitrogens with two attached hydrogens (primary N) is 1. The van der Waals surface area contributed by atoms with Crippen LogP contribution in [-0.2, 0) is 0 Å². The van der Waals surface area contributed by atoms with Crippen LogP contribution in [0.5, 0.6) is 0 Å². The summed E-state index contributed by atoms with van der Waals surface area (Å²) in [7, 11) is 0. The molecule has 0 spiro atoms. The van der Waals surface area contributed by atoms with Gasteiger partial charge >= 0.3 is 0 Å². The van der Waals surface area contributed by atoms with Crippen molar-refractivity contribution >= 4 is 5.82 Å². The fourth-order valence-electron chi connectivity index (χ4n) is 2.23. The van der Waals surface area contributed by atoms with Crippen LogP contribution in [0.1, 0.15) is 12.2 Å². The molecule has 0 unspecified atom stereocenters. The molecule has 0 bridgehead atoms. The van der Waals surface area contributed by atoms with Gasteiger partial charge in [0.05, 0.1) is 0 Å². The van der Waals surface area contributed by atoms with Crippen molar-refractivity contribution in [3.05, 3.63) is 18.1 Å². The molecule has 1 fully saturated rings. The number of anilines is 1. The highest BCUT2D eigenvalue weighted by molar-refractivity contribution is 5.37. The summed E-state index contributed by atoms with van der Waals surface area (Å²) in [6.45, 7) is 7.97. The van der Waals surface area contributed by atoms with Crippen LogP contribution in [0.2, 0.25) is 0 Å². The monoisotopic (exact) mass is 235 g/mol. The van der Waals surface area contributed by atoms with Crippen molar-refractivity contribution in [2.45, 2.75) is 13.3 Å². The average molecular weight is 235 g/mol. The summed E-state index contributed by atoms with van der Waals surface area (Å²) in [5, 5.41) is 0. The normalized spacial score (nSPS) is 18.1. The molecule has 2 N–H and O–H groups in total. The third kappa shape index (κ3) is 3.38. The molecule has 2 rings (SSSR count). The minimum atomic E-state index is 0.743. The smallest absolute Gasteiger partial charge is 0.132 e. The van der Waals surface area contributed by atoms with Crippen LogP contribution in [0.4, 0.5) is 5.82 Å². The minimum Gasteiger partial charge on any atom is -0.355 e. The van der Waals surface area contributed by atoms with Gasteiger partial charge < -0.3 is 15.5 Å². The highest BCUT2D eigenvalue weighted by Gasteiger charge is 2.15. The molecular weight excluding hydrogens is 214 g/mol. The van der Waals surface area contributed by atoms with Crippen LogP contribution in [0.3, 0.4) is 0 Å². The maximum absolute atomic E-state index is 5.60. The Labute approximate surface area is 103 Å². The Morgan fingerprint density at radius 2 is 2.18 bits per heavy atom. The lowest BCUT2D eigenvalue weighted by molar-refractivity contribution is 0.302. The van der Waals surface area contributed by atoms with Gasteiger partial charge in [-0.3, -0.25) is 0 Å². The van der Waals surface area contributed by atoms with Gasteiger partial charge in [-0.15, -0.1) is 0 Å². The van der Waals surface area contributed by atoms with E-state index in [1.165, 1.54) is 6.42 Å². The number of hydrogen-bond donors (Lipinski definition) is 1. The van der Waals surface area contributed by atoms with E-state index in [4.69, 9.17) is 5.73 Å². The zero-order chi connectivity index (χ0) is 12.1. The number of nitrogens with zero attached hydrogens (tertiary/aromatic N) is 4. The van der Waals surface area contributed by atoms with Gasteiger partial charge in [0.1, 0.15) is 11.6 Å². The van der Waals surface area contributed by atoms with Crippen molar-refractivity contribution in [3.63, 3.8) is 0 Å². The second-order valence-corrected chi connectivity index (χ2v) is 4.43. The number of rotatable bonds is 3. The summed E-state index contributed by atoms with van der Waals surface area (Å²) >= 11 is 0. The Bertz CT molecular complexity index is 355. The Hall–Kier alpha value is -1.20. The quantitative estimate of drug-likeness (QED) is 0.814. The van der Waals surface area contributed by atoms with Crippen LogP contribution in [0, 0.1) is 6.92 Å².